The van der Waals surface area contributed by atoms with Crippen LogP contribution in [0.15, 0.2) is 128 Å². The number of carbonyl (C=O) groups excluding carboxylic acids is 1. The minimum Gasteiger partial charge on any atom is -0.299 e. The van der Waals surface area contributed by atoms with Crippen molar-refractivity contribution >= 4 is 67.0 Å². The zero-order chi connectivity index (χ0) is 74.7. The molecule has 2 bridgehead atoms. The summed E-state index contributed by atoms with van der Waals surface area (Å²) < 4.78 is 335. The van der Waals surface area contributed by atoms with Crippen LogP contribution in [-0.2, 0) is 97.1 Å². The molecule has 2 aliphatic rings. The van der Waals surface area contributed by atoms with Gasteiger partial charge in [-0.1, -0.05) is 116 Å². The summed E-state index contributed by atoms with van der Waals surface area (Å²) in [4.78, 5) is 7.18. The number of Topliss-reactive ketones (excluding diaryl/α,β-unsaturated/α-hetero) is 1. The Balaban J connectivity index is 0.000000575. The van der Waals surface area contributed by atoms with Crippen molar-refractivity contribution in [3.8, 4) is 0 Å². The number of rotatable bonds is 16. The summed E-state index contributed by atoms with van der Waals surface area (Å²) in [5.41, 5.74) is -3.71. The second-order valence-corrected chi connectivity index (χ2v) is 29.7. The molecule has 0 aliphatic heterocycles. The van der Waals surface area contributed by atoms with Crippen molar-refractivity contribution < 1.29 is 139 Å². The standard InChI is InChI=1S/C18H30O3S.C10H16O.2C8H7F3O3S.C7H4F4O3S.C7H5F3O3S.O3S/c1-2-3-4-5-6-7-8-9-10-11-12-17-13-15-18(16-14-17)22(19,20)21;1-9(2)7-4-5-10(9,3)8(11)6-7;1-5-2-6(8(9,10)11)4-7(3-5)15(12,13)14;1-5-2-3-6(8(9,10)11)7(4-5)15(12,13)14;8-4-1-2-6(15(12,13)14)5(3-4)7(9,10)11;8-7(9,10)5-3-1-2-4-6(5)14(11,12)13;1-4(2)3/h13-16H,2-12H2,1H3,(H,19,20,21);7H,4-6H2,1-3H3;2*2-4H,1H3,(H,12,13,14);1-3H,(H,12,13,14);1-4H,(H,11,12,13);. The summed E-state index contributed by atoms with van der Waals surface area (Å²) in [6.07, 6.45) is -1.90. The third-order valence-corrected chi connectivity index (χ3v) is 19.3. The van der Waals surface area contributed by atoms with Crippen molar-refractivity contribution in [1.82, 2.24) is 0 Å². The number of halogens is 13. The molecule has 38 heteroatoms. The highest BCUT2D eigenvalue weighted by Crippen LogP contribution is 2.63. The molecule has 2 saturated carbocycles. The van der Waals surface area contributed by atoms with Crippen LogP contribution in [0.3, 0.4) is 0 Å². The summed E-state index contributed by atoms with van der Waals surface area (Å²) in [6, 6.07) is 15.5. The molecule has 2 aliphatic carbocycles. The van der Waals surface area contributed by atoms with Crippen molar-refractivity contribution in [3.05, 3.63) is 148 Å². The normalized spacial score (nSPS) is 16.2. The van der Waals surface area contributed by atoms with E-state index in [2.05, 4.69) is 27.7 Å². The highest BCUT2D eigenvalue weighted by atomic mass is 32.2. The van der Waals surface area contributed by atoms with E-state index in [-0.39, 0.29) is 27.4 Å². The van der Waals surface area contributed by atoms with E-state index in [0.717, 1.165) is 67.6 Å². The van der Waals surface area contributed by atoms with Crippen molar-refractivity contribution in [2.75, 3.05) is 0 Å². The van der Waals surface area contributed by atoms with Gasteiger partial charge in [-0.15, -0.1) is 12.6 Å². The Morgan fingerprint density at radius 3 is 1.26 bits per heavy atom. The Morgan fingerprint density at radius 1 is 0.469 bits per heavy atom. The van der Waals surface area contributed by atoms with Gasteiger partial charge in [-0.25, -0.2) is 4.39 Å². The van der Waals surface area contributed by atoms with E-state index < -0.39 is 134 Å². The van der Waals surface area contributed by atoms with Crippen LogP contribution in [0, 0.1) is 36.4 Å². The summed E-state index contributed by atoms with van der Waals surface area (Å²) in [6.45, 7) is 11.7. The maximum atomic E-state index is 12.5. The monoisotopic (exact) mass is 1510 g/mol. The number of benzene rings is 5. The van der Waals surface area contributed by atoms with Crippen LogP contribution in [0.4, 0.5) is 57.1 Å². The van der Waals surface area contributed by atoms with Crippen LogP contribution in [0.25, 0.3) is 0 Å². The molecule has 0 amide bonds. The second-order valence-electron chi connectivity index (χ2n) is 22.2. The number of fused-ring (bicyclic) bond motifs is 2. The Hall–Kier alpha value is -5.97. The van der Waals surface area contributed by atoms with Gasteiger partial charge in [0.2, 0.25) is 0 Å². The summed E-state index contributed by atoms with van der Waals surface area (Å²) in [7, 11) is -26.5. The van der Waals surface area contributed by atoms with Gasteiger partial charge in [0.05, 0.1) is 32.0 Å². The summed E-state index contributed by atoms with van der Waals surface area (Å²) in [5, 5.41) is 0. The lowest BCUT2D eigenvalue weighted by Gasteiger charge is -2.32. The zero-order valence-corrected chi connectivity index (χ0v) is 56.5. The molecule has 5 aromatic carbocycles. The van der Waals surface area contributed by atoms with Crippen LogP contribution in [0.2, 0.25) is 0 Å². The fourth-order valence-corrected chi connectivity index (χ4v) is 12.9. The molecule has 542 valence electrons. The highest BCUT2D eigenvalue weighted by molar-refractivity contribution is 7.87. The van der Waals surface area contributed by atoms with Gasteiger partial charge in [0, 0.05) is 11.8 Å². The van der Waals surface area contributed by atoms with Crippen LogP contribution < -0.4 is 0 Å². The van der Waals surface area contributed by atoms with Crippen LogP contribution in [0.1, 0.15) is 150 Å². The average molecular weight is 1510 g/mol. The Morgan fingerprint density at radius 2 is 0.896 bits per heavy atom. The lowest BCUT2D eigenvalue weighted by Crippen LogP contribution is -2.32. The number of ketones is 1. The Labute approximate surface area is 548 Å². The first-order valence-corrected chi connectivity index (χ1v) is 36.2. The van der Waals surface area contributed by atoms with Gasteiger partial charge in [-0.05, 0) is 140 Å². The highest BCUT2D eigenvalue weighted by Gasteiger charge is 2.61. The molecule has 19 nitrogen and oxygen atoms in total. The maximum absolute atomic E-state index is 12.5. The van der Waals surface area contributed by atoms with Crippen LogP contribution in [-0.4, -0.2) is 83.3 Å². The predicted molar refractivity (Wildman–Crippen MR) is 320 cm³/mol. The van der Waals surface area contributed by atoms with Gasteiger partial charge in [0.15, 0.2) is 0 Å². The van der Waals surface area contributed by atoms with Gasteiger partial charge in [-0.3, -0.25) is 27.6 Å². The van der Waals surface area contributed by atoms with E-state index >= 15 is 0 Å². The molecular weight excluding hydrogens is 1440 g/mol. The smallest absolute Gasteiger partial charge is 0.299 e. The molecule has 0 radical (unpaired) electrons. The van der Waals surface area contributed by atoms with Crippen LogP contribution in [0.5, 0.6) is 0 Å². The molecule has 5 aromatic rings. The van der Waals surface area contributed by atoms with Crippen molar-refractivity contribution in [2.24, 2.45) is 16.7 Å². The number of hydrogen-bond acceptors (Lipinski definition) is 14. The molecule has 0 heterocycles. The predicted octanol–water partition coefficient (Wildman–Crippen LogP) is 15.4. The number of aryl methyl sites for hydroxylation is 3. The maximum Gasteiger partial charge on any atom is 0.425 e. The van der Waals surface area contributed by atoms with Crippen LogP contribution >= 0.6 is 0 Å². The second kappa shape index (κ2) is 35.7. The number of alkyl halides is 12. The molecule has 96 heavy (non-hydrogen) atoms. The fourth-order valence-electron chi connectivity index (χ4n) is 9.56. The lowest BCUT2D eigenvalue weighted by atomic mass is 9.70. The number of carbonyl (C=O) groups is 1. The number of hydrogen-bond donors (Lipinski definition) is 5. The largest absolute Gasteiger partial charge is 0.425 e. The van der Waals surface area contributed by atoms with Gasteiger partial charge in [0.25, 0.3) is 50.6 Å². The summed E-state index contributed by atoms with van der Waals surface area (Å²) in [5.74, 6) is -0.0477. The van der Waals surface area contributed by atoms with Crippen molar-refractivity contribution in [1.29, 1.82) is 0 Å². The van der Waals surface area contributed by atoms with E-state index in [1.54, 1.807) is 12.1 Å². The minimum absolute atomic E-state index is 0.00308. The molecular formula is C58H69F13O19S6. The zero-order valence-electron chi connectivity index (χ0n) is 51.6. The Kier molecular flexibility index (Phi) is 32.7. The molecule has 2 unspecified atom stereocenters. The topological polar surface area (TPSA) is 340 Å². The SMILES string of the molecule is CC12CCC(CC1=O)C2(C)C.CCCCCCCCCCCCc1ccc(S(=O)(=O)O)cc1.Cc1cc(C(F)(F)F)cc(S(=O)(=O)O)c1.Cc1ccc(C(F)(F)F)c(S(=O)(=O)O)c1.O=S(=O)(O)c1ccc(F)cc1C(F)(F)F.O=S(=O)(O)c1ccccc1C(F)(F)F.O=S(=O)=O. The van der Waals surface area contributed by atoms with Crippen molar-refractivity contribution in [3.63, 3.8) is 0 Å². The quantitative estimate of drug-likeness (QED) is 0.0348. The van der Waals surface area contributed by atoms with Gasteiger partial charge >= 0.3 is 35.3 Å². The van der Waals surface area contributed by atoms with Gasteiger partial charge < -0.3 is 0 Å². The molecule has 7 rings (SSSR count). The van der Waals surface area contributed by atoms with E-state index in [0.29, 0.717) is 53.7 Å². The molecule has 0 saturated heterocycles. The molecule has 5 N–H and O–H groups in total. The minimum atomic E-state index is -5.05. The third-order valence-electron chi connectivity index (χ3n) is 14.9. The number of unbranched alkanes of at least 4 members (excludes halogenated alkanes) is 9. The van der Waals surface area contributed by atoms with E-state index in [9.17, 15) is 104 Å². The lowest BCUT2D eigenvalue weighted by molar-refractivity contribution is -0.140. The molecule has 2 fully saturated rings. The molecule has 0 aromatic heterocycles. The summed E-state index contributed by atoms with van der Waals surface area (Å²) >= 11 is 0. The van der Waals surface area contributed by atoms with E-state index in [4.69, 9.17) is 35.4 Å². The molecule has 0 spiro atoms. The van der Waals surface area contributed by atoms with Crippen molar-refractivity contribution in [2.45, 2.75) is 181 Å². The molecule has 2 atom stereocenters. The first kappa shape index (κ1) is 88.0. The first-order chi connectivity index (χ1) is 43.3. The van der Waals surface area contributed by atoms with E-state index in [1.807, 2.05) is 0 Å². The fraction of sp³-hybridized carbons (Fsp3) is 0.466. The average Bonchev–Trinajstić information content (AvgIpc) is 1.56. The third kappa shape index (κ3) is 29.6. The van der Waals surface area contributed by atoms with Gasteiger partial charge in [-0.2, -0.15) is 94.8 Å². The first-order valence-electron chi connectivity index (χ1n) is 28.0. The van der Waals surface area contributed by atoms with Gasteiger partial charge in [0.1, 0.15) is 26.3 Å². The Bertz CT molecular complexity index is 4120. The van der Waals surface area contributed by atoms with E-state index in [1.165, 1.54) is 90.2 Å².